The van der Waals surface area contributed by atoms with Crippen molar-refractivity contribution < 1.29 is 57.6 Å². The Morgan fingerprint density at radius 1 is 0.522 bits per heavy atom. The molecule has 4 N–H and O–H groups in total. The van der Waals surface area contributed by atoms with Gasteiger partial charge in [-0.3, -0.25) is 14.4 Å². The second-order valence-corrected chi connectivity index (χ2v) is 20.7. The lowest BCUT2D eigenvalue weighted by atomic mass is 10.0. The van der Waals surface area contributed by atoms with Crippen molar-refractivity contribution in [1.29, 1.82) is 0 Å². The van der Waals surface area contributed by atoms with Gasteiger partial charge in [0, 0.05) is 58.5 Å². The third-order valence-electron chi connectivity index (χ3n) is 10.4. The zero-order chi connectivity index (χ0) is 51.7. The number of alkyl carbamates (subject to hydrolysis) is 1. The maximum absolute atomic E-state index is 13.3. The number of aliphatic carboxylic acids is 1. The Balaban J connectivity index is 2.62. The molecule has 17 nitrogen and oxygen atoms in total. The summed E-state index contributed by atoms with van der Waals surface area (Å²) in [4.78, 5) is 91.4. The number of hydrogen-bond acceptors (Lipinski definition) is 11. The van der Waals surface area contributed by atoms with Crippen LogP contribution in [0.5, 0.6) is 0 Å². The van der Waals surface area contributed by atoms with Gasteiger partial charge in [0.15, 0.2) is 0 Å². The number of benzene rings is 1. The number of carbonyl (C=O) groups excluding carboxylic acids is 6. The number of nitrogens with zero attached hydrogens (tertiary/aromatic N) is 2. The summed E-state index contributed by atoms with van der Waals surface area (Å²) in [6.45, 7) is 18.0. The van der Waals surface area contributed by atoms with Crippen LogP contribution in [0, 0.1) is 0 Å². The fourth-order valence-corrected chi connectivity index (χ4v) is 6.98. The monoisotopic (exact) mass is 976 g/mol. The third kappa shape index (κ3) is 35.7. The third-order valence-corrected chi connectivity index (χ3v) is 10.4. The van der Waals surface area contributed by atoms with E-state index in [2.05, 4.69) is 16.0 Å². The first-order valence-electron chi connectivity index (χ1n) is 25.3. The number of unbranched alkanes of at least 4 members (excludes halogenated alkanes) is 11. The lowest BCUT2D eigenvalue weighted by Gasteiger charge is -2.29. The summed E-state index contributed by atoms with van der Waals surface area (Å²) in [6.07, 6.45) is 12.1. The van der Waals surface area contributed by atoms with Gasteiger partial charge in [0.25, 0.3) is 0 Å². The second-order valence-electron chi connectivity index (χ2n) is 20.7. The van der Waals surface area contributed by atoms with Gasteiger partial charge < -0.3 is 49.8 Å². The summed E-state index contributed by atoms with van der Waals surface area (Å²) in [5, 5.41) is 17.1. The minimum Gasteiger partial charge on any atom is -0.481 e. The number of carbonyl (C=O) groups is 7. The molecule has 69 heavy (non-hydrogen) atoms. The summed E-state index contributed by atoms with van der Waals surface area (Å²) < 4.78 is 22.2. The zero-order valence-corrected chi connectivity index (χ0v) is 43.7. The Morgan fingerprint density at radius 2 is 0.957 bits per heavy atom. The summed E-state index contributed by atoms with van der Waals surface area (Å²) in [6, 6.07) is 8.38. The Kier molecular flexibility index (Phi) is 30.7. The number of amides is 5. The maximum atomic E-state index is 13.3. The van der Waals surface area contributed by atoms with Gasteiger partial charge in [-0.25, -0.2) is 19.2 Å². The standard InChI is InChI=1S/C52H89N5O12/c1-50(2,3)67-46(62)42(55-44(59)30-22-17-15-13-11-10-12-14-16-18-23-31-45(60)61)32-33-43(58)53-34-26-38-56(48(64)68-51(4,5)6)36-24-25-37-57(49(65)69-52(7,8)9)39-27-35-54-47(63)66-40-41-28-20-19-21-29-41/h19-21,28-29,42H,10-18,22-27,30-40H2,1-9H3,(H,53,58)(H,54,63)(H,55,59)(H,60,61). The molecule has 0 radical (unpaired) electrons. The van der Waals surface area contributed by atoms with Gasteiger partial charge in [-0.05, 0) is 113 Å². The van der Waals surface area contributed by atoms with Crippen LogP contribution in [0.25, 0.3) is 0 Å². The highest BCUT2D eigenvalue weighted by Gasteiger charge is 2.28. The second kappa shape index (κ2) is 34.2. The minimum absolute atomic E-state index is 0.0230. The van der Waals surface area contributed by atoms with Crippen LogP contribution in [0.4, 0.5) is 14.4 Å². The van der Waals surface area contributed by atoms with E-state index in [-0.39, 0.29) is 50.6 Å². The molecule has 1 rings (SSSR count). The highest BCUT2D eigenvalue weighted by atomic mass is 16.6. The number of ether oxygens (including phenoxy) is 4. The van der Waals surface area contributed by atoms with E-state index in [9.17, 15) is 33.6 Å². The van der Waals surface area contributed by atoms with Crippen LogP contribution >= 0.6 is 0 Å². The predicted molar refractivity (Wildman–Crippen MR) is 266 cm³/mol. The van der Waals surface area contributed by atoms with Gasteiger partial charge >= 0.3 is 30.2 Å². The van der Waals surface area contributed by atoms with E-state index in [1.165, 1.54) is 0 Å². The molecule has 0 spiro atoms. The van der Waals surface area contributed by atoms with Crippen LogP contribution in [-0.2, 0) is 44.7 Å². The van der Waals surface area contributed by atoms with Crippen molar-refractivity contribution in [3.05, 3.63) is 35.9 Å². The summed E-state index contributed by atoms with van der Waals surface area (Å²) >= 11 is 0. The van der Waals surface area contributed by atoms with Gasteiger partial charge in [0.2, 0.25) is 11.8 Å². The van der Waals surface area contributed by atoms with Crippen molar-refractivity contribution in [3.8, 4) is 0 Å². The van der Waals surface area contributed by atoms with Crippen LogP contribution in [0.1, 0.15) is 190 Å². The molecule has 1 aromatic carbocycles. The average molecular weight is 976 g/mol. The van der Waals surface area contributed by atoms with Crippen LogP contribution in [0.15, 0.2) is 30.3 Å². The van der Waals surface area contributed by atoms with Crippen LogP contribution in [0.2, 0.25) is 0 Å². The predicted octanol–water partition coefficient (Wildman–Crippen LogP) is 9.83. The van der Waals surface area contributed by atoms with E-state index in [0.717, 1.165) is 69.8 Å². The van der Waals surface area contributed by atoms with Gasteiger partial charge in [-0.1, -0.05) is 88.1 Å². The van der Waals surface area contributed by atoms with Crippen molar-refractivity contribution in [1.82, 2.24) is 25.8 Å². The summed E-state index contributed by atoms with van der Waals surface area (Å²) in [5.74, 6) is -1.90. The molecular weight excluding hydrogens is 887 g/mol. The molecule has 1 atom stereocenters. The number of hydrogen-bond donors (Lipinski definition) is 4. The molecule has 0 aliphatic rings. The lowest BCUT2D eigenvalue weighted by molar-refractivity contribution is -0.159. The highest BCUT2D eigenvalue weighted by molar-refractivity contribution is 5.85. The average Bonchev–Trinajstić information content (AvgIpc) is 3.24. The number of esters is 1. The first-order chi connectivity index (χ1) is 32.4. The molecule has 0 bridgehead atoms. The van der Waals surface area contributed by atoms with Crippen molar-refractivity contribution in [3.63, 3.8) is 0 Å². The molecule has 1 aromatic rings. The summed E-state index contributed by atoms with van der Waals surface area (Å²) in [5.41, 5.74) is -1.34. The van der Waals surface area contributed by atoms with Gasteiger partial charge in [-0.2, -0.15) is 0 Å². The van der Waals surface area contributed by atoms with Crippen LogP contribution in [-0.4, -0.2) is 119 Å². The SMILES string of the molecule is CC(C)(C)OC(=O)C(CCC(=O)NCCCN(CCCCN(CCCNC(=O)OCc1ccccc1)C(=O)OC(C)(C)C)C(=O)OC(C)(C)C)NC(=O)CCCCCCCCCCCCCC(=O)O. The van der Waals surface area contributed by atoms with Crippen molar-refractivity contribution in [2.45, 2.75) is 214 Å². The molecule has 0 heterocycles. The topological polar surface area (TPSA) is 219 Å². The normalized spacial score (nSPS) is 12.0. The number of carboxylic acid groups (broad SMARTS) is 1. The number of rotatable bonds is 34. The molecular formula is C52H89N5O12. The Morgan fingerprint density at radius 3 is 1.42 bits per heavy atom. The number of nitrogens with one attached hydrogen (secondary N) is 3. The van der Waals surface area contributed by atoms with E-state index < -0.39 is 53.1 Å². The first-order valence-corrected chi connectivity index (χ1v) is 25.3. The fourth-order valence-electron chi connectivity index (χ4n) is 6.98. The summed E-state index contributed by atoms with van der Waals surface area (Å²) in [7, 11) is 0. The largest absolute Gasteiger partial charge is 0.481 e. The van der Waals surface area contributed by atoms with Crippen molar-refractivity contribution in [2.24, 2.45) is 0 Å². The highest BCUT2D eigenvalue weighted by Crippen LogP contribution is 2.16. The maximum Gasteiger partial charge on any atom is 0.410 e. The molecule has 1 unspecified atom stereocenters. The Labute approximate surface area is 413 Å². The lowest BCUT2D eigenvalue weighted by Crippen LogP contribution is -2.44. The van der Waals surface area contributed by atoms with Gasteiger partial charge in [-0.15, -0.1) is 0 Å². The van der Waals surface area contributed by atoms with Crippen molar-refractivity contribution >= 4 is 42.0 Å². The molecule has 0 aliphatic carbocycles. The van der Waals surface area contributed by atoms with Crippen molar-refractivity contribution in [2.75, 3.05) is 39.3 Å². The molecule has 0 aliphatic heterocycles. The molecule has 0 fully saturated rings. The zero-order valence-electron chi connectivity index (χ0n) is 43.7. The Hall–Kier alpha value is -5.09. The molecule has 5 amide bonds. The van der Waals surface area contributed by atoms with Crippen LogP contribution in [0.3, 0.4) is 0 Å². The smallest absolute Gasteiger partial charge is 0.410 e. The minimum atomic E-state index is -0.980. The molecule has 17 heteroatoms. The van der Waals surface area contributed by atoms with E-state index in [1.54, 1.807) is 72.1 Å². The van der Waals surface area contributed by atoms with E-state index >= 15 is 0 Å². The van der Waals surface area contributed by atoms with E-state index in [4.69, 9.17) is 24.1 Å². The van der Waals surface area contributed by atoms with Gasteiger partial charge in [0.05, 0.1) is 0 Å². The first kappa shape index (κ1) is 61.9. The van der Waals surface area contributed by atoms with Gasteiger partial charge in [0.1, 0.15) is 29.5 Å². The molecule has 0 saturated heterocycles. The number of carboxylic acids is 1. The fraction of sp³-hybridized carbons (Fsp3) is 0.750. The molecule has 0 aromatic heterocycles. The van der Waals surface area contributed by atoms with E-state index in [0.29, 0.717) is 64.8 Å². The quantitative estimate of drug-likeness (QED) is 0.0288. The van der Waals surface area contributed by atoms with E-state index in [1.807, 2.05) is 30.3 Å². The van der Waals surface area contributed by atoms with Crippen LogP contribution < -0.4 is 16.0 Å². The Bertz CT molecular complexity index is 1660. The molecule has 394 valence electrons. The molecule has 0 saturated carbocycles.